The van der Waals surface area contributed by atoms with E-state index in [-0.39, 0.29) is 24.4 Å². The molecule has 0 spiro atoms. The van der Waals surface area contributed by atoms with Crippen molar-refractivity contribution in [2.24, 2.45) is 0 Å². The van der Waals surface area contributed by atoms with E-state index in [4.69, 9.17) is 4.74 Å². The first-order chi connectivity index (χ1) is 9.83. The van der Waals surface area contributed by atoms with Crippen LogP contribution in [0.15, 0.2) is 42.5 Å². The van der Waals surface area contributed by atoms with E-state index in [1.807, 2.05) is 42.5 Å². The van der Waals surface area contributed by atoms with E-state index < -0.39 is 0 Å². The minimum atomic E-state index is 0. The fourth-order valence-corrected chi connectivity index (χ4v) is 2.51. The van der Waals surface area contributed by atoms with Gasteiger partial charge in [0.1, 0.15) is 0 Å². The van der Waals surface area contributed by atoms with Crippen LogP contribution in [-0.2, 0) is 9.53 Å². The topological polar surface area (TPSA) is 50.4 Å². The second-order valence-corrected chi connectivity index (χ2v) is 5.00. The van der Waals surface area contributed by atoms with Crippen LogP contribution in [0, 0.1) is 0 Å². The zero-order valence-corrected chi connectivity index (χ0v) is 12.5. The molecule has 1 amide bonds. The van der Waals surface area contributed by atoms with Crippen molar-refractivity contribution in [1.29, 1.82) is 0 Å². The van der Waals surface area contributed by atoms with Crippen LogP contribution < -0.4 is 10.6 Å². The summed E-state index contributed by atoms with van der Waals surface area (Å²) >= 11 is 0. The Balaban J connectivity index is 0.00000161. The van der Waals surface area contributed by atoms with Gasteiger partial charge in [-0.25, -0.2) is 0 Å². The van der Waals surface area contributed by atoms with E-state index in [0.29, 0.717) is 13.0 Å². The van der Waals surface area contributed by atoms with Gasteiger partial charge in [-0.05, 0) is 11.5 Å². The van der Waals surface area contributed by atoms with Crippen molar-refractivity contribution in [2.75, 3.05) is 25.1 Å². The molecule has 0 aromatic heterocycles. The van der Waals surface area contributed by atoms with Crippen LogP contribution in [0.3, 0.4) is 0 Å². The lowest BCUT2D eigenvalue weighted by molar-refractivity contribution is -0.117. The Morgan fingerprint density at radius 3 is 2.86 bits per heavy atom. The molecule has 1 unspecified atom stereocenters. The predicted molar refractivity (Wildman–Crippen MR) is 87.1 cm³/mol. The number of anilines is 1. The third-order valence-electron chi connectivity index (χ3n) is 3.49. The molecule has 2 N–H and O–H groups in total. The Bertz CT molecular complexity index is 607. The van der Waals surface area contributed by atoms with Gasteiger partial charge in [0.25, 0.3) is 0 Å². The summed E-state index contributed by atoms with van der Waals surface area (Å²) in [6, 6.07) is 14.1. The van der Waals surface area contributed by atoms with Crippen LogP contribution in [0.5, 0.6) is 0 Å². The molecule has 1 fully saturated rings. The van der Waals surface area contributed by atoms with Crippen molar-refractivity contribution in [3.63, 3.8) is 0 Å². The van der Waals surface area contributed by atoms with Crippen molar-refractivity contribution in [3.8, 4) is 0 Å². The summed E-state index contributed by atoms with van der Waals surface area (Å²) in [6.45, 7) is 2.14. The summed E-state index contributed by atoms with van der Waals surface area (Å²) in [5.74, 6) is 0.0179. The standard InChI is InChI=1S/C16H18N2O2.ClH/c19-16(10-13-11-20-9-8-17-13)18-15-7-3-5-12-4-1-2-6-14(12)15;/h1-7,13,17H,8-11H2,(H,18,19);1H. The molecule has 4 nitrogen and oxygen atoms in total. The van der Waals surface area contributed by atoms with Crippen LogP contribution in [0.2, 0.25) is 0 Å². The highest BCUT2D eigenvalue weighted by Crippen LogP contribution is 2.23. The van der Waals surface area contributed by atoms with E-state index in [1.54, 1.807) is 0 Å². The maximum Gasteiger partial charge on any atom is 0.226 e. The highest BCUT2D eigenvalue weighted by molar-refractivity contribution is 6.02. The van der Waals surface area contributed by atoms with Gasteiger partial charge in [-0.1, -0.05) is 36.4 Å². The summed E-state index contributed by atoms with van der Waals surface area (Å²) in [4.78, 5) is 12.1. The van der Waals surface area contributed by atoms with Crippen molar-refractivity contribution < 1.29 is 9.53 Å². The van der Waals surface area contributed by atoms with Crippen LogP contribution in [0.4, 0.5) is 5.69 Å². The number of ether oxygens (including phenoxy) is 1. The molecule has 21 heavy (non-hydrogen) atoms. The number of hydrogen-bond acceptors (Lipinski definition) is 3. The number of morpholine rings is 1. The first kappa shape index (κ1) is 15.8. The fourth-order valence-electron chi connectivity index (χ4n) is 2.51. The van der Waals surface area contributed by atoms with Crippen LogP contribution in [0.25, 0.3) is 10.8 Å². The normalized spacial score (nSPS) is 18.0. The van der Waals surface area contributed by atoms with E-state index in [1.165, 1.54) is 0 Å². The summed E-state index contributed by atoms with van der Waals surface area (Å²) < 4.78 is 5.36. The van der Waals surface area contributed by atoms with Gasteiger partial charge in [-0.3, -0.25) is 4.79 Å². The SMILES string of the molecule is Cl.O=C(CC1COCCN1)Nc1cccc2ccccc12. The Hall–Kier alpha value is -1.62. The van der Waals surface area contributed by atoms with Crippen LogP contribution in [-0.4, -0.2) is 31.7 Å². The highest BCUT2D eigenvalue weighted by Gasteiger charge is 2.17. The van der Waals surface area contributed by atoms with Gasteiger partial charge in [0.2, 0.25) is 5.91 Å². The van der Waals surface area contributed by atoms with E-state index in [9.17, 15) is 4.79 Å². The molecular weight excluding hydrogens is 288 g/mol. The number of halogens is 1. The third kappa shape index (κ3) is 3.94. The van der Waals surface area contributed by atoms with E-state index in [2.05, 4.69) is 10.6 Å². The zero-order chi connectivity index (χ0) is 13.8. The second-order valence-electron chi connectivity index (χ2n) is 5.00. The number of hydrogen-bond donors (Lipinski definition) is 2. The maximum atomic E-state index is 12.1. The average molecular weight is 307 g/mol. The first-order valence-electron chi connectivity index (χ1n) is 6.92. The van der Waals surface area contributed by atoms with Gasteiger partial charge in [0.15, 0.2) is 0 Å². The van der Waals surface area contributed by atoms with Gasteiger partial charge in [-0.15, -0.1) is 12.4 Å². The lowest BCUT2D eigenvalue weighted by Gasteiger charge is -2.23. The van der Waals surface area contributed by atoms with E-state index >= 15 is 0 Å². The molecule has 0 bridgehead atoms. The third-order valence-corrected chi connectivity index (χ3v) is 3.49. The molecule has 1 aliphatic heterocycles. The lowest BCUT2D eigenvalue weighted by atomic mass is 10.1. The second kappa shape index (κ2) is 7.41. The number of benzene rings is 2. The molecule has 2 aromatic rings. The monoisotopic (exact) mass is 306 g/mol. The summed E-state index contributed by atoms with van der Waals surface area (Å²) in [5, 5.41) is 8.48. The Morgan fingerprint density at radius 2 is 2.05 bits per heavy atom. The largest absolute Gasteiger partial charge is 0.378 e. The number of fused-ring (bicyclic) bond motifs is 1. The molecule has 5 heteroatoms. The quantitative estimate of drug-likeness (QED) is 0.916. The summed E-state index contributed by atoms with van der Waals surface area (Å²) in [7, 11) is 0. The minimum Gasteiger partial charge on any atom is -0.378 e. The van der Waals surface area contributed by atoms with Crippen LogP contribution in [0.1, 0.15) is 6.42 Å². The van der Waals surface area contributed by atoms with Gasteiger partial charge in [0.05, 0.1) is 13.2 Å². The van der Waals surface area contributed by atoms with Crippen molar-refractivity contribution in [3.05, 3.63) is 42.5 Å². The summed E-state index contributed by atoms with van der Waals surface area (Å²) in [6.07, 6.45) is 0.434. The Kier molecular flexibility index (Phi) is 5.56. The first-order valence-corrected chi connectivity index (χ1v) is 6.92. The predicted octanol–water partition coefficient (Wildman–Crippen LogP) is 2.58. The Morgan fingerprint density at radius 1 is 1.24 bits per heavy atom. The van der Waals surface area contributed by atoms with Crippen molar-refractivity contribution in [1.82, 2.24) is 5.32 Å². The molecule has 1 saturated heterocycles. The van der Waals surface area contributed by atoms with Crippen molar-refractivity contribution >= 4 is 34.8 Å². The molecular formula is C16H19ClN2O2. The molecule has 3 rings (SSSR count). The van der Waals surface area contributed by atoms with Crippen LogP contribution >= 0.6 is 12.4 Å². The van der Waals surface area contributed by atoms with E-state index in [0.717, 1.165) is 29.6 Å². The number of carbonyl (C=O) groups excluding carboxylic acids is 1. The molecule has 1 heterocycles. The molecule has 1 aliphatic rings. The lowest BCUT2D eigenvalue weighted by Crippen LogP contribution is -2.43. The highest BCUT2D eigenvalue weighted by atomic mass is 35.5. The number of carbonyl (C=O) groups is 1. The molecule has 0 aliphatic carbocycles. The number of rotatable bonds is 3. The fraction of sp³-hybridized carbons (Fsp3) is 0.312. The average Bonchev–Trinajstić information content (AvgIpc) is 2.48. The zero-order valence-electron chi connectivity index (χ0n) is 11.7. The molecule has 112 valence electrons. The van der Waals surface area contributed by atoms with Gasteiger partial charge >= 0.3 is 0 Å². The van der Waals surface area contributed by atoms with Crippen molar-refractivity contribution in [2.45, 2.75) is 12.5 Å². The molecule has 0 saturated carbocycles. The molecule has 2 aromatic carbocycles. The summed E-state index contributed by atoms with van der Waals surface area (Å²) in [5.41, 5.74) is 0.866. The Labute approximate surface area is 130 Å². The van der Waals surface area contributed by atoms with Gasteiger partial charge in [-0.2, -0.15) is 0 Å². The molecule has 0 radical (unpaired) electrons. The smallest absolute Gasteiger partial charge is 0.226 e. The number of amides is 1. The number of nitrogens with one attached hydrogen (secondary N) is 2. The van der Waals surface area contributed by atoms with Gasteiger partial charge in [0, 0.05) is 30.1 Å². The van der Waals surface area contributed by atoms with Gasteiger partial charge < -0.3 is 15.4 Å². The molecule has 1 atom stereocenters. The maximum absolute atomic E-state index is 12.1. The minimum absolute atomic E-state index is 0.